The van der Waals surface area contributed by atoms with Crippen LogP contribution in [0.4, 0.5) is 11.5 Å². The third-order valence-corrected chi connectivity index (χ3v) is 2.58. The van der Waals surface area contributed by atoms with Crippen molar-refractivity contribution in [2.24, 2.45) is 0 Å². The summed E-state index contributed by atoms with van der Waals surface area (Å²) in [5.41, 5.74) is 1.39. The van der Waals surface area contributed by atoms with Gasteiger partial charge in [-0.2, -0.15) is 5.10 Å². The minimum absolute atomic E-state index is 0.0250. The van der Waals surface area contributed by atoms with Crippen molar-refractivity contribution < 1.29 is 9.72 Å². The van der Waals surface area contributed by atoms with Crippen molar-refractivity contribution in [3.63, 3.8) is 0 Å². The molecule has 7 nitrogen and oxygen atoms in total. The highest BCUT2D eigenvalue weighted by atomic mass is 16.6. The van der Waals surface area contributed by atoms with Gasteiger partial charge in [0.15, 0.2) is 0 Å². The second-order valence-corrected chi connectivity index (χ2v) is 4.08. The summed E-state index contributed by atoms with van der Waals surface area (Å²) < 4.78 is 0. The molecule has 0 atom stereocenters. The zero-order valence-corrected chi connectivity index (χ0v) is 10.2. The summed E-state index contributed by atoms with van der Waals surface area (Å²) in [5.74, 6) is 0.281. The molecule has 0 saturated carbocycles. The molecule has 0 unspecified atom stereocenters. The van der Waals surface area contributed by atoms with Gasteiger partial charge in [0.05, 0.1) is 17.5 Å². The monoisotopic (exact) mass is 260 g/mol. The number of nitrogens with zero attached hydrogens (tertiary/aromatic N) is 2. The second kappa shape index (κ2) is 5.30. The van der Waals surface area contributed by atoms with Crippen LogP contribution in [-0.4, -0.2) is 21.0 Å². The van der Waals surface area contributed by atoms with Crippen LogP contribution < -0.4 is 5.32 Å². The van der Waals surface area contributed by atoms with E-state index in [1.807, 2.05) is 6.92 Å². The first-order valence-electron chi connectivity index (χ1n) is 5.59. The van der Waals surface area contributed by atoms with Crippen molar-refractivity contribution in [3.05, 3.63) is 51.7 Å². The van der Waals surface area contributed by atoms with E-state index in [9.17, 15) is 14.9 Å². The fraction of sp³-hybridized carbons (Fsp3) is 0.167. The van der Waals surface area contributed by atoms with Crippen LogP contribution in [0.5, 0.6) is 0 Å². The number of carbonyl (C=O) groups is 1. The summed E-state index contributed by atoms with van der Waals surface area (Å²) in [5, 5.41) is 19.7. The fourth-order valence-electron chi connectivity index (χ4n) is 1.62. The van der Waals surface area contributed by atoms with Crippen molar-refractivity contribution in [2.75, 3.05) is 5.32 Å². The number of amides is 1. The van der Waals surface area contributed by atoms with Crippen molar-refractivity contribution in [1.29, 1.82) is 0 Å². The van der Waals surface area contributed by atoms with Crippen LogP contribution in [0.3, 0.4) is 0 Å². The first kappa shape index (κ1) is 12.7. The molecule has 2 rings (SSSR count). The normalized spacial score (nSPS) is 10.2. The smallest absolute Gasteiger partial charge is 0.269 e. The third kappa shape index (κ3) is 3.15. The highest BCUT2D eigenvalue weighted by Gasteiger charge is 2.10. The summed E-state index contributed by atoms with van der Waals surface area (Å²) in [6.45, 7) is 1.81. The van der Waals surface area contributed by atoms with Gasteiger partial charge in [0.1, 0.15) is 5.82 Å². The first-order valence-corrected chi connectivity index (χ1v) is 5.59. The summed E-state index contributed by atoms with van der Waals surface area (Å²) in [6.07, 6.45) is 1.67. The van der Waals surface area contributed by atoms with Crippen LogP contribution in [0, 0.1) is 17.0 Å². The summed E-state index contributed by atoms with van der Waals surface area (Å²) in [6, 6.07) is 6.01. The maximum Gasteiger partial charge on any atom is 0.269 e. The Labute approximate surface area is 108 Å². The molecule has 0 fully saturated rings. The number of hydrogen-bond acceptors (Lipinski definition) is 4. The Morgan fingerprint density at radius 2 is 2.32 bits per heavy atom. The molecule has 0 bridgehead atoms. The van der Waals surface area contributed by atoms with Crippen molar-refractivity contribution in [1.82, 2.24) is 10.2 Å². The molecule has 0 radical (unpaired) electrons. The second-order valence-electron chi connectivity index (χ2n) is 4.08. The zero-order chi connectivity index (χ0) is 13.8. The quantitative estimate of drug-likeness (QED) is 0.646. The number of nitro benzene ring substituents is 1. The molecule has 0 aliphatic heterocycles. The molecule has 19 heavy (non-hydrogen) atoms. The molecule has 0 saturated heterocycles. The molecule has 1 aromatic carbocycles. The highest BCUT2D eigenvalue weighted by Crippen LogP contribution is 2.14. The number of aryl methyl sites for hydroxylation is 1. The molecule has 1 amide bonds. The van der Waals surface area contributed by atoms with Gasteiger partial charge in [-0.05, 0) is 12.5 Å². The molecule has 1 aromatic heterocycles. The minimum atomic E-state index is -0.486. The summed E-state index contributed by atoms with van der Waals surface area (Å²) in [7, 11) is 0. The molecule has 0 aliphatic rings. The standard InChI is InChI=1S/C12H12N4O3/c1-8-7-13-15-12(8)14-11(17)6-9-3-2-4-10(5-9)16(18)19/h2-5,7H,6H2,1H3,(H2,13,14,15,17). The van der Waals surface area contributed by atoms with E-state index in [0.29, 0.717) is 11.4 Å². The fourth-order valence-corrected chi connectivity index (χ4v) is 1.62. The van der Waals surface area contributed by atoms with E-state index in [2.05, 4.69) is 15.5 Å². The number of hydrogen-bond donors (Lipinski definition) is 2. The van der Waals surface area contributed by atoms with Gasteiger partial charge in [-0.25, -0.2) is 0 Å². The Morgan fingerprint density at radius 3 is 2.95 bits per heavy atom. The Bertz CT molecular complexity index is 621. The zero-order valence-electron chi connectivity index (χ0n) is 10.2. The lowest BCUT2D eigenvalue weighted by molar-refractivity contribution is -0.384. The molecule has 0 spiro atoms. The van der Waals surface area contributed by atoms with Gasteiger partial charge in [0.25, 0.3) is 5.69 Å². The lowest BCUT2D eigenvalue weighted by Gasteiger charge is -2.04. The highest BCUT2D eigenvalue weighted by molar-refractivity contribution is 5.92. The molecule has 1 heterocycles. The van der Waals surface area contributed by atoms with Crippen LogP contribution in [0.15, 0.2) is 30.5 Å². The van der Waals surface area contributed by atoms with Crippen molar-refractivity contribution in [2.45, 2.75) is 13.3 Å². The Kier molecular flexibility index (Phi) is 3.56. The maximum absolute atomic E-state index is 11.8. The Hall–Kier alpha value is -2.70. The summed E-state index contributed by atoms with van der Waals surface area (Å²) >= 11 is 0. The van der Waals surface area contributed by atoms with E-state index < -0.39 is 4.92 Å². The Balaban J connectivity index is 2.05. The predicted octanol–water partition coefficient (Wildman–Crippen LogP) is 1.81. The number of nitrogens with one attached hydrogen (secondary N) is 2. The SMILES string of the molecule is Cc1cn[nH]c1NC(=O)Cc1cccc([N+](=O)[O-])c1. The van der Waals surface area contributed by atoms with Crippen molar-refractivity contribution in [3.8, 4) is 0 Å². The van der Waals surface area contributed by atoms with Gasteiger partial charge in [-0.1, -0.05) is 12.1 Å². The first-order chi connectivity index (χ1) is 9.06. The maximum atomic E-state index is 11.8. The lowest BCUT2D eigenvalue weighted by Crippen LogP contribution is -2.15. The van der Waals surface area contributed by atoms with Crippen LogP contribution in [0.2, 0.25) is 0 Å². The minimum Gasteiger partial charge on any atom is -0.311 e. The van der Waals surface area contributed by atoms with Gasteiger partial charge in [-0.3, -0.25) is 20.0 Å². The van der Waals surface area contributed by atoms with Crippen molar-refractivity contribution >= 4 is 17.4 Å². The molecule has 2 aromatic rings. The largest absolute Gasteiger partial charge is 0.311 e. The van der Waals surface area contributed by atoms with E-state index in [-0.39, 0.29) is 18.0 Å². The number of carbonyl (C=O) groups excluding carboxylic acids is 1. The number of anilines is 1. The number of non-ortho nitro benzene ring substituents is 1. The van der Waals surface area contributed by atoms with E-state index in [0.717, 1.165) is 5.56 Å². The lowest BCUT2D eigenvalue weighted by atomic mass is 10.1. The van der Waals surface area contributed by atoms with Gasteiger partial charge in [0.2, 0.25) is 5.91 Å². The number of nitro groups is 1. The predicted molar refractivity (Wildman–Crippen MR) is 68.8 cm³/mol. The summed E-state index contributed by atoms with van der Waals surface area (Å²) in [4.78, 5) is 21.9. The van der Waals surface area contributed by atoms with E-state index in [4.69, 9.17) is 0 Å². The van der Waals surface area contributed by atoms with Gasteiger partial charge in [0, 0.05) is 17.7 Å². The topological polar surface area (TPSA) is 101 Å². The van der Waals surface area contributed by atoms with Crippen LogP contribution >= 0.6 is 0 Å². The van der Waals surface area contributed by atoms with E-state index in [1.54, 1.807) is 18.3 Å². The average Bonchev–Trinajstić information content (AvgIpc) is 2.75. The van der Waals surface area contributed by atoms with Gasteiger partial charge >= 0.3 is 0 Å². The molecule has 98 valence electrons. The molecular formula is C12H12N4O3. The number of benzene rings is 1. The number of aromatic nitrogens is 2. The van der Waals surface area contributed by atoms with Crippen LogP contribution in [0.1, 0.15) is 11.1 Å². The molecule has 7 heteroatoms. The number of aromatic amines is 1. The van der Waals surface area contributed by atoms with E-state index in [1.165, 1.54) is 12.1 Å². The van der Waals surface area contributed by atoms with Gasteiger partial charge in [-0.15, -0.1) is 0 Å². The van der Waals surface area contributed by atoms with Crippen LogP contribution in [0.25, 0.3) is 0 Å². The Morgan fingerprint density at radius 1 is 1.53 bits per heavy atom. The third-order valence-electron chi connectivity index (χ3n) is 2.58. The van der Waals surface area contributed by atoms with Gasteiger partial charge < -0.3 is 5.32 Å². The molecule has 2 N–H and O–H groups in total. The van der Waals surface area contributed by atoms with Crippen LogP contribution in [-0.2, 0) is 11.2 Å². The average molecular weight is 260 g/mol. The molecular weight excluding hydrogens is 248 g/mol. The molecule has 0 aliphatic carbocycles. The number of rotatable bonds is 4. The van der Waals surface area contributed by atoms with E-state index >= 15 is 0 Å². The number of H-pyrrole nitrogens is 1.